The van der Waals surface area contributed by atoms with Gasteiger partial charge in [0.1, 0.15) is 11.9 Å². The summed E-state index contributed by atoms with van der Waals surface area (Å²) in [6.07, 6.45) is 0.840. The van der Waals surface area contributed by atoms with Crippen LogP contribution in [0.4, 0.5) is 10.1 Å². The van der Waals surface area contributed by atoms with Crippen molar-refractivity contribution in [3.8, 4) is 0 Å². The van der Waals surface area contributed by atoms with Crippen LogP contribution in [0.3, 0.4) is 0 Å². The summed E-state index contributed by atoms with van der Waals surface area (Å²) in [6.45, 7) is 0.228. The smallest absolute Gasteiger partial charge is 0.326 e. The topological polar surface area (TPSA) is 101 Å². The molecule has 0 aliphatic carbocycles. The van der Waals surface area contributed by atoms with Gasteiger partial charge in [0, 0.05) is 12.6 Å². The summed E-state index contributed by atoms with van der Waals surface area (Å²) < 4.78 is 13.7. The fourth-order valence-electron chi connectivity index (χ4n) is 2.21. The zero-order valence-electron chi connectivity index (χ0n) is 10.3. The number of benzene rings is 1. The van der Waals surface area contributed by atoms with Gasteiger partial charge in [-0.25, -0.2) is 9.18 Å². The van der Waals surface area contributed by atoms with Gasteiger partial charge < -0.3 is 10.0 Å². The third-order valence-electron chi connectivity index (χ3n) is 3.19. The average molecular weight is 282 g/mol. The van der Waals surface area contributed by atoms with E-state index in [0.717, 1.165) is 17.0 Å². The van der Waals surface area contributed by atoms with Crippen LogP contribution in [0, 0.1) is 15.9 Å². The van der Waals surface area contributed by atoms with E-state index in [1.807, 2.05) is 0 Å². The van der Waals surface area contributed by atoms with Gasteiger partial charge in [0.25, 0.3) is 11.6 Å². The molecule has 1 aliphatic rings. The van der Waals surface area contributed by atoms with Gasteiger partial charge in [0.05, 0.1) is 16.6 Å². The van der Waals surface area contributed by atoms with Crippen molar-refractivity contribution in [2.24, 2.45) is 0 Å². The van der Waals surface area contributed by atoms with E-state index in [4.69, 9.17) is 5.11 Å². The molecule has 1 amide bonds. The Balaban J connectivity index is 2.29. The van der Waals surface area contributed by atoms with Gasteiger partial charge in [0.2, 0.25) is 0 Å². The molecule has 1 atom stereocenters. The molecule has 1 N–H and O–H groups in total. The Kier molecular flexibility index (Phi) is 3.64. The first-order valence-electron chi connectivity index (χ1n) is 5.89. The number of carboxylic acids is 1. The highest BCUT2D eigenvalue weighted by atomic mass is 19.1. The highest BCUT2D eigenvalue weighted by Crippen LogP contribution is 2.23. The summed E-state index contributed by atoms with van der Waals surface area (Å²) in [5, 5.41) is 19.5. The standard InChI is InChI=1S/C12H11FN2O5/c13-9-6-7(15(19)20)3-4-8(9)11(16)14-5-1-2-10(14)12(17)18/h3-4,6,10H,1-2,5H2,(H,17,18)/t10-/m1/s1. The molecule has 0 saturated carbocycles. The number of carbonyl (C=O) groups excluding carboxylic acids is 1. The fraction of sp³-hybridized carbons (Fsp3) is 0.333. The molecule has 20 heavy (non-hydrogen) atoms. The van der Waals surface area contributed by atoms with Crippen LogP contribution in [0.1, 0.15) is 23.2 Å². The number of carboxylic acid groups (broad SMARTS) is 1. The Morgan fingerprint density at radius 2 is 2.15 bits per heavy atom. The molecular weight excluding hydrogens is 271 g/mol. The lowest BCUT2D eigenvalue weighted by atomic mass is 10.1. The van der Waals surface area contributed by atoms with Crippen LogP contribution in [0.15, 0.2) is 18.2 Å². The Hall–Kier alpha value is -2.51. The predicted molar refractivity (Wildman–Crippen MR) is 64.7 cm³/mol. The number of likely N-dealkylation sites (tertiary alicyclic amines) is 1. The van der Waals surface area contributed by atoms with Crippen molar-refractivity contribution >= 4 is 17.6 Å². The average Bonchev–Trinajstić information content (AvgIpc) is 2.87. The summed E-state index contributed by atoms with van der Waals surface area (Å²) in [5.41, 5.74) is -0.820. The van der Waals surface area contributed by atoms with Gasteiger partial charge in [-0.2, -0.15) is 0 Å². The molecule has 1 saturated heterocycles. The maximum atomic E-state index is 13.7. The maximum absolute atomic E-state index is 13.7. The first-order valence-corrected chi connectivity index (χ1v) is 5.89. The van der Waals surface area contributed by atoms with Gasteiger partial charge in [-0.05, 0) is 18.9 Å². The van der Waals surface area contributed by atoms with Crippen molar-refractivity contribution < 1.29 is 24.0 Å². The number of non-ortho nitro benzene ring substituents is 1. The summed E-state index contributed by atoms with van der Waals surface area (Å²) in [7, 11) is 0. The van der Waals surface area contributed by atoms with E-state index in [0.29, 0.717) is 18.9 Å². The molecule has 1 aromatic rings. The third-order valence-corrected chi connectivity index (χ3v) is 3.19. The first-order chi connectivity index (χ1) is 9.41. The van der Waals surface area contributed by atoms with Crippen LogP contribution in [0.25, 0.3) is 0 Å². The zero-order chi connectivity index (χ0) is 14.9. The minimum atomic E-state index is -1.14. The van der Waals surface area contributed by atoms with Gasteiger partial charge in [-0.15, -0.1) is 0 Å². The van der Waals surface area contributed by atoms with Gasteiger partial charge in [0.15, 0.2) is 0 Å². The van der Waals surface area contributed by atoms with Crippen molar-refractivity contribution in [2.45, 2.75) is 18.9 Å². The zero-order valence-corrected chi connectivity index (χ0v) is 10.3. The molecule has 1 aliphatic heterocycles. The van der Waals surface area contributed by atoms with Crippen molar-refractivity contribution in [3.63, 3.8) is 0 Å². The van der Waals surface area contributed by atoms with E-state index in [-0.39, 0.29) is 12.1 Å². The number of amides is 1. The van der Waals surface area contributed by atoms with Gasteiger partial charge >= 0.3 is 5.97 Å². The predicted octanol–water partition coefficient (Wildman–Crippen LogP) is 1.42. The molecule has 0 aromatic heterocycles. The number of carbonyl (C=O) groups is 2. The maximum Gasteiger partial charge on any atom is 0.326 e. The second-order valence-electron chi connectivity index (χ2n) is 4.42. The lowest BCUT2D eigenvalue weighted by molar-refractivity contribution is -0.385. The quantitative estimate of drug-likeness (QED) is 0.667. The van der Waals surface area contributed by atoms with Crippen molar-refractivity contribution in [3.05, 3.63) is 39.7 Å². The highest BCUT2D eigenvalue weighted by molar-refractivity contribution is 5.97. The molecule has 0 spiro atoms. The lowest BCUT2D eigenvalue weighted by Crippen LogP contribution is -2.40. The van der Waals surface area contributed by atoms with E-state index in [1.165, 1.54) is 0 Å². The van der Waals surface area contributed by atoms with Crippen molar-refractivity contribution in [1.82, 2.24) is 4.90 Å². The molecule has 1 fully saturated rings. The highest BCUT2D eigenvalue weighted by Gasteiger charge is 2.35. The van der Waals surface area contributed by atoms with E-state index in [9.17, 15) is 24.1 Å². The minimum absolute atomic E-state index is 0.228. The first kappa shape index (κ1) is 13.9. The minimum Gasteiger partial charge on any atom is -0.480 e. The van der Waals surface area contributed by atoms with Gasteiger partial charge in [-0.1, -0.05) is 0 Å². The summed E-state index contributed by atoms with van der Waals surface area (Å²) >= 11 is 0. The second kappa shape index (κ2) is 5.24. The number of hydrogen-bond acceptors (Lipinski definition) is 4. The molecular formula is C12H11FN2O5. The number of aliphatic carboxylic acids is 1. The van der Waals surface area contributed by atoms with Crippen molar-refractivity contribution in [1.29, 1.82) is 0 Å². The van der Waals surface area contributed by atoms with E-state index in [2.05, 4.69) is 0 Å². The van der Waals surface area contributed by atoms with Crippen LogP contribution in [0.2, 0.25) is 0 Å². The molecule has 0 unspecified atom stereocenters. The van der Waals surface area contributed by atoms with Crippen LogP contribution in [-0.2, 0) is 4.79 Å². The number of nitrogens with zero attached hydrogens (tertiary/aromatic N) is 2. The molecule has 0 radical (unpaired) electrons. The summed E-state index contributed by atoms with van der Waals surface area (Å²) in [4.78, 5) is 33.9. The van der Waals surface area contributed by atoms with E-state index < -0.39 is 34.3 Å². The molecule has 2 rings (SSSR count). The van der Waals surface area contributed by atoms with Crippen molar-refractivity contribution in [2.75, 3.05) is 6.54 Å². The lowest BCUT2D eigenvalue weighted by Gasteiger charge is -2.21. The monoisotopic (exact) mass is 282 g/mol. The number of hydrogen-bond donors (Lipinski definition) is 1. The Bertz CT molecular complexity index is 589. The van der Waals surface area contributed by atoms with Gasteiger partial charge in [-0.3, -0.25) is 14.9 Å². The molecule has 7 nitrogen and oxygen atoms in total. The number of nitro benzene ring substituents is 1. The molecule has 106 valence electrons. The Labute approximate surface area is 112 Å². The third kappa shape index (κ3) is 2.44. The number of rotatable bonds is 3. The fourth-order valence-corrected chi connectivity index (χ4v) is 2.21. The SMILES string of the molecule is O=C(O)[C@H]1CCCN1C(=O)c1ccc([N+](=O)[O-])cc1F. The van der Waals surface area contributed by atoms with Crippen LogP contribution in [-0.4, -0.2) is 39.4 Å². The molecule has 0 bridgehead atoms. The molecule has 1 aromatic carbocycles. The number of nitro groups is 1. The molecule has 8 heteroatoms. The Morgan fingerprint density at radius 3 is 2.70 bits per heavy atom. The summed E-state index contributed by atoms with van der Waals surface area (Å²) in [5.74, 6) is -2.93. The summed E-state index contributed by atoms with van der Waals surface area (Å²) in [6, 6.07) is 1.70. The number of halogens is 1. The van der Waals surface area contributed by atoms with Crippen LogP contribution >= 0.6 is 0 Å². The van der Waals surface area contributed by atoms with Crippen LogP contribution in [0.5, 0.6) is 0 Å². The normalized spacial score (nSPS) is 18.1. The molecule has 1 heterocycles. The van der Waals surface area contributed by atoms with E-state index >= 15 is 0 Å². The largest absolute Gasteiger partial charge is 0.480 e. The van der Waals surface area contributed by atoms with E-state index in [1.54, 1.807) is 0 Å². The second-order valence-corrected chi connectivity index (χ2v) is 4.42. The van der Waals surface area contributed by atoms with Crippen LogP contribution < -0.4 is 0 Å². The Morgan fingerprint density at radius 1 is 1.45 bits per heavy atom.